The fraction of sp³-hybridized carbons (Fsp3) is 0.600. The van der Waals surface area contributed by atoms with Crippen LogP contribution < -0.4 is 4.90 Å². The van der Waals surface area contributed by atoms with E-state index < -0.39 is 0 Å². The Kier molecular flexibility index (Phi) is 3.09. The first-order valence-electron chi connectivity index (χ1n) is 7.66. The Balaban J connectivity index is 1.43. The molecule has 0 spiro atoms. The summed E-state index contributed by atoms with van der Waals surface area (Å²) < 4.78 is 5.56. The molecule has 0 bridgehead atoms. The van der Waals surface area contributed by atoms with Crippen molar-refractivity contribution in [2.75, 3.05) is 18.0 Å². The van der Waals surface area contributed by atoms with Gasteiger partial charge in [-0.2, -0.15) is 0 Å². The SMILES string of the molecule is Cc1nnc(C2CCN(c3cc(C4CC4)ncn3)CC2)o1. The highest BCUT2D eigenvalue weighted by molar-refractivity contribution is 5.41. The maximum atomic E-state index is 5.56. The Labute approximate surface area is 123 Å². The van der Waals surface area contributed by atoms with Crippen LogP contribution in [0.15, 0.2) is 16.8 Å². The number of aromatic nitrogens is 4. The summed E-state index contributed by atoms with van der Waals surface area (Å²) in [6, 6.07) is 2.16. The maximum Gasteiger partial charge on any atom is 0.219 e. The topological polar surface area (TPSA) is 67.9 Å². The largest absolute Gasteiger partial charge is 0.425 e. The number of anilines is 1. The molecule has 6 nitrogen and oxygen atoms in total. The zero-order valence-corrected chi connectivity index (χ0v) is 12.2. The summed E-state index contributed by atoms with van der Waals surface area (Å²) in [4.78, 5) is 11.2. The first kappa shape index (κ1) is 12.7. The fourth-order valence-electron chi connectivity index (χ4n) is 2.97. The zero-order valence-electron chi connectivity index (χ0n) is 12.2. The molecule has 6 heteroatoms. The molecule has 0 amide bonds. The van der Waals surface area contributed by atoms with Crippen LogP contribution in [0.2, 0.25) is 0 Å². The van der Waals surface area contributed by atoms with Gasteiger partial charge in [0.15, 0.2) is 0 Å². The maximum absolute atomic E-state index is 5.56. The predicted molar refractivity (Wildman–Crippen MR) is 77.2 cm³/mol. The molecule has 1 saturated carbocycles. The van der Waals surface area contributed by atoms with Gasteiger partial charge in [-0.1, -0.05) is 0 Å². The van der Waals surface area contributed by atoms with E-state index >= 15 is 0 Å². The van der Waals surface area contributed by atoms with E-state index in [0.29, 0.717) is 17.7 Å². The lowest BCUT2D eigenvalue weighted by Gasteiger charge is -2.31. The summed E-state index contributed by atoms with van der Waals surface area (Å²) >= 11 is 0. The number of rotatable bonds is 3. The third-order valence-corrected chi connectivity index (χ3v) is 4.38. The summed E-state index contributed by atoms with van der Waals surface area (Å²) in [6.07, 6.45) is 6.31. The van der Waals surface area contributed by atoms with Crippen molar-refractivity contribution in [3.05, 3.63) is 29.9 Å². The minimum absolute atomic E-state index is 0.382. The van der Waals surface area contributed by atoms with Gasteiger partial charge >= 0.3 is 0 Å². The molecule has 2 fully saturated rings. The zero-order chi connectivity index (χ0) is 14.2. The fourth-order valence-corrected chi connectivity index (χ4v) is 2.97. The van der Waals surface area contributed by atoms with Crippen LogP contribution in [0.3, 0.4) is 0 Å². The van der Waals surface area contributed by atoms with Crippen molar-refractivity contribution in [2.45, 2.75) is 44.4 Å². The van der Waals surface area contributed by atoms with Crippen LogP contribution >= 0.6 is 0 Å². The number of hydrogen-bond donors (Lipinski definition) is 0. The molecule has 0 aromatic carbocycles. The van der Waals surface area contributed by atoms with Gasteiger partial charge < -0.3 is 9.32 Å². The molecular formula is C15H19N5O. The second-order valence-electron chi connectivity index (χ2n) is 6.00. The van der Waals surface area contributed by atoms with Gasteiger partial charge in [0.05, 0.1) is 0 Å². The molecule has 2 aromatic rings. The van der Waals surface area contributed by atoms with Crippen LogP contribution in [0.4, 0.5) is 5.82 Å². The summed E-state index contributed by atoms with van der Waals surface area (Å²) in [6.45, 7) is 3.80. The number of aryl methyl sites for hydroxylation is 1. The second-order valence-corrected chi connectivity index (χ2v) is 6.00. The molecule has 1 saturated heterocycles. The molecular weight excluding hydrogens is 266 g/mol. The van der Waals surface area contributed by atoms with Crippen LogP contribution in [0.1, 0.15) is 55.0 Å². The molecule has 3 heterocycles. The Morgan fingerprint density at radius 2 is 1.86 bits per heavy atom. The lowest BCUT2D eigenvalue weighted by Crippen LogP contribution is -2.33. The summed E-state index contributed by atoms with van der Waals surface area (Å²) in [7, 11) is 0. The van der Waals surface area contributed by atoms with Crippen molar-refractivity contribution in [3.8, 4) is 0 Å². The number of nitrogens with zero attached hydrogens (tertiary/aromatic N) is 5. The van der Waals surface area contributed by atoms with Crippen LogP contribution in [0.25, 0.3) is 0 Å². The van der Waals surface area contributed by atoms with E-state index in [1.807, 2.05) is 6.92 Å². The van der Waals surface area contributed by atoms with E-state index in [-0.39, 0.29) is 0 Å². The van der Waals surface area contributed by atoms with Gasteiger partial charge in [0.1, 0.15) is 12.1 Å². The normalized spacial score (nSPS) is 20.0. The van der Waals surface area contributed by atoms with Gasteiger partial charge in [-0.15, -0.1) is 10.2 Å². The van der Waals surface area contributed by atoms with E-state index in [2.05, 4.69) is 31.1 Å². The molecule has 0 N–H and O–H groups in total. The second kappa shape index (κ2) is 5.09. The van der Waals surface area contributed by atoms with Crippen LogP contribution in [-0.4, -0.2) is 33.3 Å². The molecule has 2 aliphatic rings. The lowest BCUT2D eigenvalue weighted by molar-refractivity contribution is 0.382. The average Bonchev–Trinajstić information content (AvgIpc) is 3.29. The van der Waals surface area contributed by atoms with Crippen molar-refractivity contribution in [2.24, 2.45) is 0 Å². The van der Waals surface area contributed by atoms with Crippen molar-refractivity contribution in [1.29, 1.82) is 0 Å². The van der Waals surface area contributed by atoms with Crippen molar-refractivity contribution >= 4 is 5.82 Å². The molecule has 2 aromatic heterocycles. The Morgan fingerprint density at radius 3 is 2.52 bits per heavy atom. The third-order valence-electron chi connectivity index (χ3n) is 4.38. The van der Waals surface area contributed by atoms with E-state index in [1.54, 1.807) is 6.33 Å². The molecule has 0 atom stereocenters. The smallest absolute Gasteiger partial charge is 0.219 e. The van der Waals surface area contributed by atoms with Gasteiger partial charge in [0.2, 0.25) is 11.8 Å². The minimum atomic E-state index is 0.382. The van der Waals surface area contributed by atoms with Gasteiger partial charge in [-0.25, -0.2) is 9.97 Å². The van der Waals surface area contributed by atoms with Gasteiger partial charge in [0.25, 0.3) is 0 Å². The Hall–Kier alpha value is -1.98. The van der Waals surface area contributed by atoms with E-state index in [0.717, 1.165) is 37.6 Å². The standard InChI is InChI=1S/C15H19N5O/c1-10-18-19-15(21-10)12-4-6-20(7-5-12)14-8-13(11-2-3-11)16-9-17-14/h8-9,11-12H,2-7H2,1H3. The van der Waals surface area contributed by atoms with Crippen molar-refractivity contribution in [1.82, 2.24) is 20.2 Å². The summed E-state index contributed by atoms with van der Waals surface area (Å²) in [5.74, 6) is 3.55. The van der Waals surface area contributed by atoms with E-state index in [1.165, 1.54) is 18.5 Å². The van der Waals surface area contributed by atoms with Gasteiger partial charge in [-0.05, 0) is 25.7 Å². The van der Waals surface area contributed by atoms with Crippen molar-refractivity contribution in [3.63, 3.8) is 0 Å². The number of piperidine rings is 1. The summed E-state index contributed by atoms with van der Waals surface area (Å²) in [5, 5.41) is 8.08. The van der Waals surface area contributed by atoms with E-state index in [9.17, 15) is 0 Å². The molecule has 4 rings (SSSR count). The predicted octanol–water partition coefficient (Wildman–Crippen LogP) is 2.43. The highest BCUT2D eigenvalue weighted by Crippen LogP contribution is 2.39. The molecule has 0 radical (unpaired) electrons. The summed E-state index contributed by atoms with van der Waals surface area (Å²) in [5.41, 5.74) is 1.20. The monoisotopic (exact) mass is 285 g/mol. The van der Waals surface area contributed by atoms with Gasteiger partial charge in [-0.3, -0.25) is 0 Å². The lowest BCUT2D eigenvalue weighted by atomic mass is 9.97. The molecule has 0 unspecified atom stereocenters. The number of hydrogen-bond acceptors (Lipinski definition) is 6. The minimum Gasteiger partial charge on any atom is -0.425 e. The van der Waals surface area contributed by atoms with E-state index in [4.69, 9.17) is 4.42 Å². The first-order valence-corrected chi connectivity index (χ1v) is 7.66. The first-order chi connectivity index (χ1) is 10.3. The highest BCUT2D eigenvalue weighted by Gasteiger charge is 2.28. The Morgan fingerprint density at radius 1 is 1.05 bits per heavy atom. The Bertz CT molecular complexity index is 628. The van der Waals surface area contributed by atoms with Crippen LogP contribution in [0.5, 0.6) is 0 Å². The van der Waals surface area contributed by atoms with Gasteiger partial charge in [0, 0.05) is 43.6 Å². The molecule has 1 aliphatic heterocycles. The third kappa shape index (κ3) is 2.62. The molecule has 21 heavy (non-hydrogen) atoms. The molecule has 110 valence electrons. The quantitative estimate of drug-likeness (QED) is 0.862. The van der Waals surface area contributed by atoms with Crippen LogP contribution in [-0.2, 0) is 0 Å². The average molecular weight is 285 g/mol. The van der Waals surface area contributed by atoms with Crippen LogP contribution in [0, 0.1) is 6.92 Å². The molecule has 1 aliphatic carbocycles. The highest BCUT2D eigenvalue weighted by atomic mass is 16.4. The van der Waals surface area contributed by atoms with Crippen molar-refractivity contribution < 1.29 is 4.42 Å².